The molecule has 0 spiro atoms. The Morgan fingerprint density at radius 2 is 1.93 bits per heavy atom. The lowest BCUT2D eigenvalue weighted by molar-refractivity contribution is 0.270. The van der Waals surface area contributed by atoms with E-state index in [1.54, 1.807) is 25.3 Å². The first-order valence-electron chi connectivity index (χ1n) is 3.86. The molecule has 0 saturated heterocycles. The van der Waals surface area contributed by atoms with Crippen LogP contribution in [0.25, 0.3) is 0 Å². The molecule has 0 radical (unpaired) electrons. The van der Waals surface area contributed by atoms with E-state index < -0.39 is 0 Å². The van der Waals surface area contributed by atoms with Crippen molar-refractivity contribution in [3.8, 4) is 11.5 Å². The summed E-state index contributed by atoms with van der Waals surface area (Å²) in [6.45, 7) is 0. The molecule has 0 aliphatic carbocycles. The summed E-state index contributed by atoms with van der Waals surface area (Å²) in [5, 5.41) is 2.57. The first kappa shape index (κ1) is 10.8. The van der Waals surface area contributed by atoms with Crippen LogP contribution < -0.4 is 14.8 Å². The molecule has 5 heteroatoms. The molecule has 1 rings (SSSR count). The van der Waals surface area contributed by atoms with Gasteiger partial charge in [0, 0.05) is 27.7 Å². The van der Waals surface area contributed by atoms with Gasteiger partial charge in [0.25, 0.3) is 4.82 Å². The molecular formula is C9H10BrNO3. The number of nitrogens with one attached hydrogen (secondary N) is 1. The average molecular weight is 260 g/mol. The molecule has 0 aliphatic heterocycles. The van der Waals surface area contributed by atoms with E-state index in [-0.39, 0.29) is 4.82 Å². The van der Waals surface area contributed by atoms with Crippen molar-refractivity contribution in [3.63, 3.8) is 0 Å². The molecule has 0 unspecified atom stereocenters. The minimum Gasteiger partial charge on any atom is -0.493 e. The summed E-state index contributed by atoms with van der Waals surface area (Å²) in [4.78, 5) is 10.4. The first-order valence-corrected chi connectivity index (χ1v) is 4.65. The summed E-state index contributed by atoms with van der Waals surface area (Å²) in [6.07, 6.45) is 0. The van der Waals surface area contributed by atoms with Gasteiger partial charge in [-0.25, -0.2) is 0 Å². The Morgan fingerprint density at radius 3 is 2.43 bits per heavy atom. The summed E-state index contributed by atoms with van der Waals surface area (Å²) in [5.41, 5.74) is 0.643. The third kappa shape index (κ3) is 2.63. The van der Waals surface area contributed by atoms with Gasteiger partial charge < -0.3 is 14.8 Å². The Morgan fingerprint density at radius 1 is 1.29 bits per heavy atom. The highest BCUT2D eigenvalue weighted by Gasteiger charge is 2.05. The molecule has 4 nitrogen and oxygen atoms in total. The minimum absolute atomic E-state index is 0.301. The topological polar surface area (TPSA) is 47.6 Å². The number of anilines is 1. The Bertz CT molecular complexity index is 341. The van der Waals surface area contributed by atoms with Crippen molar-refractivity contribution < 1.29 is 14.3 Å². The van der Waals surface area contributed by atoms with Crippen LogP contribution in [-0.4, -0.2) is 19.0 Å². The van der Waals surface area contributed by atoms with Crippen LogP contribution >= 0.6 is 15.9 Å². The first-order chi connectivity index (χ1) is 6.67. The lowest BCUT2D eigenvalue weighted by atomic mass is 10.3. The molecule has 1 aromatic rings. The number of hydrogen-bond acceptors (Lipinski definition) is 3. The van der Waals surface area contributed by atoms with E-state index in [9.17, 15) is 4.79 Å². The SMILES string of the molecule is COc1ccc(NC(=O)Br)cc1OC. The van der Waals surface area contributed by atoms with Crippen LogP contribution in [0, 0.1) is 0 Å². The molecule has 0 bridgehead atoms. The largest absolute Gasteiger partial charge is 0.493 e. The molecule has 0 fully saturated rings. The van der Waals surface area contributed by atoms with Gasteiger partial charge in [0.05, 0.1) is 14.2 Å². The maximum atomic E-state index is 10.7. The van der Waals surface area contributed by atoms with Gasteiger partial charge in [0.1, 0.15) is 0 Å². The number of amides is 1. The van der Waals surface area contributed by atoms with E-state index in [1.165, 1.54) is 7.11 Å². The number of halogens is 1. The molecule has 14 heavy (non-hydrogen) atoms. The molecule has 1 N–H and O–H groups in total. The highest BCUT2D eigenvalue weighted by molar-refractivity contribution is 9.18. The predicted molar refractivity (Wildman–Crippen MR) is 57.5 cm³/mol. The maximum absolute atomic E-state index is 10.7. The van der Waals surface area contributed by atoms with Crippen LogP contribution in [0.15, 0.2) is 18.2 Å². The van der Waals surface area contributed by atoms with Crippen molar-refractivity contribution in [2.75, 3.05) is 19.5 Å². The van der Waals surface area contributed by atoms with Gasteiger partial charge in [-0.3, -0.25) is 4.79 Å². The number of ether oxygens (including phenoxy) is 2. The van der Waals surface area contributed by atoms with Gasteiger partial charge in [0.15, 0.2) is 11.5 Å². The standard InChI is InChI=1S/C9H10BrNO3/c1-13-7-4-3-6(11-9(10)12)5-8(7)14-2/h3-5H,1-2H3,(H,11,12). The summed E-state index contributed by atoms with van der Waals surface area (Å²) < 4.78 is 10.1. The maximum Gasteiger partial charge on any atom is 0.291 e. The third-order valence-electron chi connectivity index (χ3n) is 1.63. The summed E-state index contributed by atoms with van der Waals surface area (Å²) in [5.74, 6) is 1.20. The molecule has 76 valence electrons. The quantitative estimate of drug-likeness (QED) is 0.671. The minimum atomic E-state index is -0.301. The van der Waals surface area contributed by atoms with Crippen molar-refractivity contribution in [1.82, 2.24) is 0 Å². The van der Waals surface area contributed by atoms with Crippen LogP contribution in [0.5, 0.6) is 11.5 Å². The van der Waals surface area contributed by atoms with E-state index in [2.05, 4.69) is 21.2 Å². The predicted octanol–water partition coefficient (Wildman–Crippen LogP) is 2.63. The van der Waals surface area contributed by atoms with Gasteiger partial charge >= 0.3 is 0 Å². The average Bonchev–Trinajstić information content (AvgIpc) is 2.16. The lowest BCUT2D eigenvalue weighted by Gasteiger charge is -2.09. The second kappa shape index (κ2) is 4.85. The normalized spacial score (nSPS) is 9.36. The highest BCUT2D eigenvalue weighted by Crippen LogP contribution is 2.29. The summed E-state index contributed by atoms with van der Waals surface area (Å²) >= 11 is 2.77. The number of hydrogen-bond donors (Lipinski definition) is 1. The Hall–Kier alpha value is -1.23. The number of carbonyl (C=O) groups excluding carboxylic acids is 1. The van der Waals surface area contributed by atoms with E-state index in [4.69, 9.17) is 9.47 Å². The van der Waals surface area contributed by atoms with Gasteiger partial charge in [-0.1, -0.05) is 0 Å². The van der Waals surface area contributed by atoms with Crippen LogP contribution in [0.3, 0.4) is 0 Å². The van der Waals surface area contributed by atoms with Gasteiger partial charge in [-0.05, 0) is 12.1 Å². The zero-order chi connectivity index (χ0) is 10.6. The molecular weight excluding hydrogens is 250 g/mol. The zero-order valence-electron chi connectivity index (χ0n) is 7.83. The molecule has 1 amide bonds. The van der Waals surface area contributed by atoms with E-state index in [0.717, 1.165) is 0 Å². The van der Waals surface area contributed by atoms with Crippen LogP contribution in [0.2, 0.25) is 0 Å². The van der Waals surface area contributed by atoms with Gasteiger partial charge in [-0.15, -0.1) is 0 Å². The number of rotatable bonds is 3. The fourth-order valence-electron chi connectivity index (χ4n) is 1.03. The second-order valence-electron chi connectivity index (χ2n) is 2.47. The van der Waals surface area contributed by atoms with Gasteiger partial charge in [-0.2, -0.15) is 0 Å². The third-order valence-corrected chi connectivity index (χ3v) is 1.82. The molecule has 0 atom stereocenters. The van der Waals surface area contributed by atoms with Crippen LogP contribution in [-0.2, 0) is 0 Å². The molecule has 0 aromatic heterocycles. The number of benzene rings is 1. The van der Waals surface area contributed by atoms with Crippen molar-refractivity contribution in [2.45, 2.75) is 0 Å². The fraction of sp³-hybridized carbons (Fsp3) is 0.222. The molecule has 1 aromatic carbocycles. The van der Waals surface area contributed by atoms with Crippen molar-refractivity contribution in [1.29, 1.82) is 0 Å². The zero-order valence-corrected chi connectivity index (χ0v) is 9.42. The lowest BCUT2D eigenvalue weighted by Crippen LogP contribution is -2.01. The Labute approximate surface area is 90.3 Å². The van der Waals surface area contributed by atoms with Crippen LogP contribution in [0.4, 0.5) is 10.5 Å². The molecule has 0 saturated carbocycles. The fourth-order valence-corrected chi connectivity index (χ4v) is 1.26. The van der Waals surface area contributed by atoms with Crippen molar-refractivity contribution in [2.24, 2.45) is 0 Å². The van der Waals surface area contributed by atoms with Crippen molar-refractivity contribution >= 4 is 26.4 Å². The van der Waals surface area contributed by atoms with Crippen LogP contribution in [0.1, 0.15) is 0 Å². The van der Waals surface area contributed by atoms with Gasteiger partial charge in [0.2, 0.25) is 0 Å². The molecule has 0 aliphatic rings. The smallest absolute Gasteiger partial charge is 0.291 e. The Kier molecular flexibility index (Phi) is 3.76. The van der Waals surface area contributed by atoms with E-state index in [0.29, 0.717) is 17.2 Å². The number of carbonyl (C=O) groups is 1. The number of methoxy groups -OCH3 is 2. The second-order valence-corrected chi connectivity index (χ2v) is 3.19. The Balaban J connectivity index is 2.95. The monoisotopic (exact) mass is 259 g/mol. The van der Waals surface area contributed by atoms with Crippen molar-refractivity contribution in [3.05, 3.63) is 18.2 Å². The van der Waals surface area contributed by atoms with E-state index >= 15 is 0 Å². The summed E-state index contributed by atoms with van der Waals surface area (Å²) in [7, 11) is 3.10. The van der Waals surface area contributed by atoms with E-state index in [1.807, 2.05) is 0 Å². The highest BCUT2D eigenvalue weighted by atomic mass is 79.9. The summed E-state index contributed by atoms with van der Waals surface area (Å²) in [6, 6.07) is 5.12. The molecule has 0 heterocycles.